The van der Waals surface area contributed by atoms with Crippen LogP contribution in [0, 0.1) is 6.92 Å². The summed E-state index contributed by atoms with van der Waals surface area (Å²) in [6, 6.07) is 11.4. The number of amides is 1. The van der Waals surface area contributed by atoms with Crippen LogP contribution >= 0.6 is 15.9 Å². The monoisotopic (exact) mass is 329 g/mol. The molecule has 0 radical (unpaired) electrons. The smallest absolute Gasteiger partial charge is 0.274 e. The van der Waals surface area contributed by atoms with Crippen LogP contribution in [0.4, 0.5) is 5.69 Å². The van der Waals surface area contributed by atoms with Crippen LogP contribution in [0.25, 0.3) is 5.65 Å². The molecule has 0 aliphatic rings. The number of fused-ring (bicyclic) bond motifs is 1. The van der Waals surface area contributed by atoms with Crippen molar-refractivity contribution in [3.8, 4) is 0 Å². The lowest BCUT2D eigenvalue weighted by Gasteiger charge is -2.08. The third kappa shape index (κ3) is 2.32. The van der Waals surface area contributed by atoms with Crippen LogP contribution in [0.3, 0.4) is 0 Å². The number of aryl methyl sites for hydroxylation is 1. The molecule has 0 saturated carbocycles. The predicted octanol–water partition coefficient (Wildman–Crippen LogP) is 3.66. The summed E-state index contributed by atoms with van der Waals surface area (Å²) in [5, 5.41) is 2.92. The Morgan fingerprint density at radius 3 is 3.00 bits per heavy atom. The van der Waals surface area contributed by atoms with E-state index in [1.54, 1.807) is 10.6 Å². The topological polar surface area (TPSA) is 46.4 Å². The molecule has 100 valence electrons. The molecular weight excluding hydrogens is 318 g/mol. The highest BCUT2D eigenvalue weighted by molar-refractivity contribution is 9.10. The number of anilines is 1. The molecule has 20 heavy (non-hydrogen) atoms. The molecule has 3 aromatic rings. The van der Waals surface area contributed by atoms with Gasteiger partial charge in [0.2, 0.25) is 0 Å². The van der Waals surface area contributed by atoms with Crippen LogP contribution in [0.5, 0.6) is 0 Å². The van der Waals surface area contributed by atoms with Crippen LogP contribution in [0.2, 0.25) is 0 Å². The Morgan fingerprint density at radius 2 is 2.15 bits per heavy atom. The Hall–Kier alpha value is -2.14. The minimum absolute atomic E-state index is 0.176. The highest BCUT2D eigenvalue weighted by Crippen LogP contribution is 2.21. The zero-order valence-electron chi connectivity index (χ0n) is 10.8. The van der Waals surface area contributed by atoms with Crippen molar-refractivity contribution in [2.75, 3.05) is 5.32 Å². The van der Waals surface area contributed by atoms with E-state index in [0.717, 1.165) is 21.4 Å². The van der Waals surface area contributed by atoms with Crippen LogP contribution in [0.15, 0.2) is 53.3 Å². The van der Waals surface area contributed by atoms with Crippen molar-refractivity contribution in [1.29, 1.82) is 0 Å². The van der Waals surface area contributed by atoms with Crippen LogP contribution in [-0.2, 0) is 0 Å². The molecule has 0 bridgehead atoms. The van der Waals surface area contributed by atoms with Gasteiger partial charge in [0.15, 0.2) is 0 Å². The summed E-state index contributed by atoms with van der Waals surface area (Å²) in [6.45, 7) is 1.95. The number of aromatic nitrogens is 2. The number of imidazole rings is 1. The number of pyridine rings is 1. The number of carbonyl (C=O) groups is 1. The second-order valence-electron chi connectivity index (χ2n) is 4.49. The van der Waals surface area contributed by atoms with E-state index in [4.69, 9.17) is 0 Å². The first-order chi connectivity index (χ1) is 9.65. The maximum absolute atomic E-state index is 12.4. The Balaban J connectivity index is 1.95. The molecule has 1 amide bonds. The van der Waals surface area contributed by atoms with Crippen molar-refractivity contribution in [2.24, 2.45) is 0 Å². The highest BCUT2D eigenvalue weighted by Gasteiger charge is 2.12. The van der Waals surface area contributed by atoms with E-state index in [1.165, 1.54) is 0 Å². The molecule has 5 heteroatoms. The maximum Gasteiger partial charge on any atom is 0.274 e. The summed E-state index contributed by atoms with van der Waals surface area (Å²) >= 11 is 3.41. The van der Waals surface area contributed by atoms with Crippen LogP contribution in [0.1, 0.15) is 16.1 Å². The SMILES string of the molecule is Cc1ccc(Br)cc1NC(=O)c1cnc2ccccn12. The van der Waals surface area contributed by atoms with E-state index in [1.807, 2.05) is 49.5 Å². The van der Waals surface area contributed by atoms with Gasteiger partial charge in [0, 0.05) is 16.4 Å². The molecule has 3 rings (SSSR count). The number of hydrogen-bond donors (Lipinski definition) is 1. The third-order valence-electron chi connectivity index (χ3n) is 3.10. The van der Waals surface area contributed by atoms with Gasteiger partial charge in [-0.15, -0.1) is 0 Å². The zero-order chi connectivity index (χ0) is 14.1. The molecular formula is C15H12BrN3O. The van der Waals surface area contributed by atoms with Gasteiger partial charge in [-0.05, 0) is 36.8 Å². The molecule has 0 aliphatic heterocycles. The van der Waals surface area contributed by atoms with Gasteiger partial charge in [0.05, 0.1) is 6.20 Å². The van der Waals surface area contributed by atoms with Gasteiger partial charge in [-0.1, -0.05) is 28.1 Å². The number of benzene rings is 1. The number of halogens is 1. The standard InChI is InChI=1S/C15H12BrN3O/c1-10-5-6-11(16)8-12(10)18-15(20)13-9-17-14-4-2-3-7-19(13)14/h2-9H,1H3,(H,18,20). The summed E-state index contributed by atoms with van der Waals surface area (Å²) in [5.74, 6) is -0.176. The average molecular weight is 330 g/mol. The van der Waals surface area contributed by atoms with E-state index < -0.39 is 0 Å². The summed E-state index contributed by atoms with van der Waals surface area (Å²) in [6.07, 6.45) is 3.41. The van der Waals surface area contributed by atoms with Crippen molar-refractivity contribution >= 4 is 33.2 Å². The van der Waals surface area contributed by atoms with Gasteiger partial charge in [-0.2, -0.15) is 0 Å². The largest absolute Gasteiger partial charge is 0.320 e. The lowest BCUT2D eigenvalue weighted by atomic mass is 10.2. The molecule has 0 atom stereocenters. The lowest BCUT2D eigenvalue weighted by Crippen LogP contribution is -2.14. The quantitative estimate of drug-likeness (QED) is 0.779. The van der Waals surface area contributed by atoms with Crippen LogP contribution < -0.4 is 5.32 Å². The second-order valence-corrected chi connectivity index (χ2v) is 5.40. The van der Waals surface area contributed by atoms with Gasteiger partial charge in [0.25, 0.3) is 5.91 Å². The molecule has 0 fully saturated rings. The van der Waals surface area contributed by atoms with E-state index >= 15 is 0 Å². The first kappa shape index (κ1) is 12.9. The van der Waals surface area contributed by atoms with E-state index in [2.05, 4.69) is 26.2 Å². The van der Waals surface area contributed by atoms with Gasteiger partial charge in [-0.25, -0.2) is 4.98 Å². The van der Waals surface area contributed by atoms with E-state index in [0.29, 0.717) is 5.69 Å². The predicted molar refractivity (Wildman–Crippen MR) is 82.0 cm³/mol. The van der Waals surface area contributed by atoms with Gasteiger partial charge < -0.3 is 5.32 Å². The third-order valence-corrected chi connectivity index (χ3v) is 3.59. The fourth-order valence-corrected chi connectivity index (χ4v) is 2.38. The normalized spacial score (nSPS) is 10.7. The van der Waals surface area contributed by atoms with Crippen molar-refractivity contribution in [3.05, 3.63) is 64.5 Å². The maximum atomic E-state index is 12.4. The fourth-order valence-electron chi connectivity index (χ4n) is 2.02. The Kier molecular flexibility index (Phi) is 3.28. The summed E-state index contributed by atoms with van der Waals surface area (Å²) in [5.41, 5.74) is 3.06. The molecule has 0 aliphatic carbocycles. The molecule has 4 nitrogen and oxygen atoms in total. The Morgan fingerprint density at radius 1 is 1.30 bits per heavy atom. The first-order valence-electron chi connectivity index (χ1n) is 6.15. The number of nitrogens with one attached hydrogen (secondary N) is 1. The van der Waals surface area contributed by atoms with Crippen molar-refractivity contribution in [1.82, 2.24) is 9.38 Å². The van der Waals surface area contributed by atoms with Crippen molar-refractivity contribution < 1.29 is 4.79 Å². The second kappa shape index (κ2) is 5.09. The molecule has 2 heterocycles. The Labute approximate surface area is 124 Å². The van der Waals surface area contributed by atoms with Crippen molar-refractivity contribution in [2.45, 2.75) is 6.92 Å². The number of hydrogen-bond acceptors (Lipinski definition) is 2. The van der Waals surface area contributed by atoms with E-state index in [9.17, 15) is 4.79 Å². The molecule has 1 aromatic carbocycles. The molecule has 1 N–H and O–H groups in total. The highest BCUT2D eigenvalue weighted by atomic mass is 79.9. The van der Waals surface area contributed by atoms with Gasteiger partial charge in [-0.3, -0.25) is 9.20 Å². The zero-order valence-corrected chi connectivity index (χ0v) is 12.4. The van der Waals surface area contributed by atoms with Crippen molar-refractivity contribution in [3.63, 3.8) is 0 Å². The number of carbonyl (C=O) groups excluding carboxylic acids is 1. The van der Waals surface area contributed by atoms with Gasteiger partial charge >= 0.3 is 0 Å². The molecule has 2 aromatic heterocycles. The molecule has 0 saturated heterocycles. The molecule has 0 unspecified atom stereocenters. The summed E-state index contributed by atoms with van der Waals surface area (Å²) in [7, 11) is 0. The fraction of sp³-hybridized carbons (Fsp3) is 0.0667. The summed E-state index contributed by atoms with van der Waals surface area (Å²) < 4.78 is 2.69. The lowest BCUT2D eigenvalue weighted by molar-refractivity contribution is 0.102. The van der Waals surface area contributed by atoms with Crippen LogP contribution in [-0.4, -0.2) is 15.3 Å². The first-order valence-corrected chi connectivity index (χ1v) is 6.94. The number of rotatable bonds is 2. The van der Waals surface area contributed by atoms with Gasteiger partial charge in [0.1, 0.15) is 11.3 Å². The average Bonchev–Trinajstić information content (AvgIpc) is 2.87. The minimum Gasteiger partial charge on any atom is -0.320 e. The Bertz CT molecular complexity index is 795. The number of nitrogens with zero attached hydrogens (tertiary/aromatic N) is 2. The summed E-state index contributed by atoms with van der Waals surface area (Å²) in [4.78, 5) is 16.6. The minimum atomic E-state index is -0.176. The van der Waals surface area contributed by atoms with E-state index in [-0.39, 0.29) is 5.91 Å². The molecule has 0 spiro atoms.